The SMILES string of the molecule is O=c1c2c(O)cccc2ncn1CC1CNC1. The van der Waals surface area contributed by atoms with E-state index in [-0.39, 0.29) is 11.3 Å². The number of phenolic OH excluding ortho intramolecular Hbond substituents is 1. The molecule has 0 spiro atoms. The van der Waals surface area contributed by atoms with Gasteiger partial charge in [0.25, 0.3) is 5.56 Å². The first-order valence-corrected chi connectivity index (χ1v) is 5.63. The predicted octanol–water partition coefficient (Wildman–Crippen LogP) is 0.321. The van der Waals surface area contributed by atoms with Crippen LogP contribution in [0, 0.1) is 5.92 Å². The molecule has 1 aromatic carbocycles. The summed E-state index contributed by atoms with van der Waals surface area (Å²) >= 11 is 0. The first-order chi connectivity index (χ1) is 8.25. The molecule has 0 aliphatic carbocycles. The number of nitrogens with zero attached hydrogens (tertiary/aromatic N) is 2. The van der Waals surface area contributed by atoms with Crippen LogP contribution in [0.4, 0.5) is 0 Å². The molecule has 2 aromatic rings. The molecule has 88 valence electrons. The highest BCUT2D eigenvalue weighted by molar-refractivity contribution is 5.83. The number of phenols is 1. The first-order valence-electron chi connectivity index (χ1n) is 5.63. The van der Waals surface area contributed by atoms with Gasteiger partial charge in [0, 0.05) is 25.6 Å². The van der Waals surface area contributed by atoms with Gasteiger partial charge in [0.2, 0.25) is 0 Å². The van der Waals surface area contributed by atoms with Gasteiger partial charge in [-0.1, -0.05) is 6.07 Å². The molecule has 0 saturated carbocycles. The van der Waals surface area contributed by atoms with Gasteiger partial charge in [-0.15, -0.1) is 0 Å². The first kappa shape index (κ1) is 10.3. The molecular weight excluding hydrogens is 218 g/mol. The van der Waals surface area contributed by atoms with Crippen LogP contribution in [0.1, 0.15) is 0 Å². The quantitative estimate of drug-likeness (QED) is 0.781. The number of aromatic hydroxyl groups is 1. The molecule has 5 nitrogen and oxygen atoms in total. The van der Waals surface area contributed by atoms with Crippen LogP contribution in [-0.4, -0.2) is 27.7 Å². The topological polar surface area (TPSA) is 67.1 Å². The van der Waals surface area contributed by atoms with Crippen molar-refractivity contribution < 1.29 is 5.11 Å². The third-order valence-corrected chi connectivity index (χ3v) is 3.15. The highest BCUT2D eigenvalue weighted by atomic mass is 16.3. The van der Waals surface area contributed by atoms with Gasteiger partial charge in [-0.25, -0.2) is 4.98 Å². The number of rotatable bonds is 2. The van der Waals surface area contributed by atoms with Crippen molar-refractivity contribution in [2.24, 2.45) is 5.92 Å². The fourth-order valence-electron chi connectivity index (χ4n) is 2.07. The summed E-state index contributed by atoms with van der Waals surface area (Å²) in [7, 11) is 0. The summed E-state index contributed by atoms with van der Waals surface area (Å²) in [6.07, 6.45) is 1.56. The monoisotopic (exact) mass is 231 g/mol. The molecule has 5 heteroatoms. The highest BCUT2D eigenvalue weighted by Gasteiger charge is 2.18. The molecule has 0 unspecified atom stereocenters. The predicted molar refractivity (Wildman–Crippen MR) is 64.0 cm³/mol. The maximum atomic E-state index is 12.2. The largest absolute Gasteiger partial charge is 0.507 e. The zero-order chi connectivity index (χ0) is 11.8. The van der Waals surface area contributed by atoms with Crippen molar-refractivity contribution in [2.45, 2.75) is 6.54 Å². The number of hydrogen-bond acceptors (Lipinski definition) is 4. The summed E-state index contributed by atoms with van der Waals surface area (Å²) in [6.45, 7) is 2.53. The zero-order valence-corrected chi connectivity index (χ0v) is 9.26. The molecule has 0 bridgehead atoms. The molecule has 1 saturated heterocycles. The minimum Gasteiger partial charge on any atom is -0.507 e. The van der Waals surface area contributed by atoms with Crippen LogP contribution >= 0.6 is 0 Å². The number of fused-ring (bicyclic) bond motifs is 1. The lowest BCUT2D eigenvalue weighted by Crippen LogP contribution is -2.45. The summed E-state index contributed by atoms with van der Waals surface area (Å²) in [5.74, 6) is 0.485. The van der Waals surface area contributed by atoms with E-state index in [0.717, 1.165) is 13.1 Å². The van der Waals surface area contributed by atoms with Gasteiger partial charge in [-0.3, -0.25) is 9.36 Å². The van der Waals surface area contributed by atoms with Crippen molar-refractivity contribution >= 4 is 10.9 Å². The van der Waals surface area contributed by atoms with Crippen molar-refractivity contribution in [1.29, 1.82) is 0 Å². The van der Waals surface area contributed by atoms with Gasteiger partial charge >= 0.3 is 0 Å². The molecule has 2 N–H and O–H groups in total. The van der Waals surface area contributed by atoms with Crippen LogP contribution in [0.15, 0.2) is 29.3 Å². The number of nitrogens with one attached hydrogen (secondary N) is 1. The van der Waals surface area contributed by atoms with Crippen molar-refractivity contribution in [3.05, 3.63) is 34.9 Å². The number of aromatic nitrogens is 2. The molecule has 0 atom stereocenters. The molecule has 2 heterocycles. The Kier molecular flexibility index (Phi) is 2.33. The van der Waals surface area contributed by atoms with Gasteiger partial charge in [-0.2, -0.15) is 0 Å². The Hall–Kier alpha value is -1.88. The Morgan fingerprint density at radius 2 is 2.29 bits per heavy atom. The summed E-state index contributed by atoms with van der Waals surface area (Å²) in [4.78, 5) is 16.4. The average molecular weight is 231 g/mol. The summed E-state index contributed by atoms with van der Waals surface area (Å²) in [5, 5.41) is 13.2. The Bertz CT molecular complexity index is 617. The van der Waals surface area contributed by atoms with E-state index in [4.69, 9.17) is 0 Å². The Balaban J connectivity index is 2.11. The van der Waals surface area contributed by atoms with E-state index in [0.29, 0.717) is 23.4 Å². The zero-order valence-electron chi connectivity index (χ0n) is 9.26. The van der Waals surface area contributed by atoms with Gasteiger partial charge in [0.15, 0.2) is 0 Å². The molecule has 1 fully saturated rings. The second-order valence-corrected chi connectivity index (χ2v) is 4.40. The van der Waals surface area contributed by atoms with Crippen molar-refractivity contribution in [3.63, 3.8) is 0 Å². The second kappa shape index (κ2) is 3.85. The summed E-state index contributed by atoms with van der Waals surface area (Å²) in [5.41, 5.74) is 0.373. The molecule has 0 amide bonds. The van der Waals surface area contributed by atoms with E-state index >= 15 is 0 Å². The van der Waals surface area contributed by atoms with E-state index in [1.807, 2.05) is 0 Å². The lowest BCUT2D eigenvalue weighted by Gasteiger charge is -2.27. The minimum atomic E-state index is -0.167. The van der Waals surface area contributed by atoms with Crippen LogP contribution in [0.2, 0.25) is 0 Å². The lowest BCUT2D eigenvalue weighted by molar-refractivity contribution is 0.303. The van der Waals surface area contributed by atoms with Crippen molar-refractivity contribution in [3.8, 4) is 5.75 Å². The summed E-state index contributed by atoms with van der Waals surface area (Å²) < 4.78 is 1.58. The average Bonchev–Trinajstić information content (AvgIpc) is 2.26. The van der Waals surface area contributed by atoms with Crippen molar-refractivity contribution in [2.75, 3.05) is 13.1 Å². The van der Waals surface area contributed by atoms with E-state index in [2.05, 4.69) is 10.3 Å². The highest BCUT2D eigenvalue weighted by Crippen LogP contribution is 2.18. The van der Waals surface area contributed by atoms with E-state index in [1.54, 1.807) is 23.0 Å². The maximum Gasteiger partial charge on any atom is 0.264 e. The molecular formula is C12H13N3O2. The summed E-state index contributed by atoms with van der Waals surface area (Å²) in [6, 6.07) is 4.93. The third-order valence-electron chi connectivity index (χ3n) is 3.15. The normalized spacial score (nSPS) is 16.0. The van der Waals surface area contributed by atoms with E-state index < -0.39 is 0 Å². The van der Waals surface area contributed by atoms with Crippen LogP contribution in [0.25, 0.3) is 10.9 Å². The van der Waals surface area contributed by atoms with Crippen LogP contribution in [-0.2, 0) is 6.54 Å². The number of hydrogen-bond donors (Lipinski definition) is 2. The molecule has 1 aliphatic rings. The van der Waals surface area contributed by atoms with Crippen LogP contribution in [0.3, 0.4) is 0 Å². The van der Waals surface area contributed by atoms with E-state index in [1.165, 1.54) is 6.07 Å². The standard InChI is InChI=1S/C12H13N3O2/c16-10-3-1-2-9-11(10)12(17)15(7-14-9)6-8-4-13-5-8/h1-3,7-8,13,16H,4-6H2. The Labute approximate surface area is 97.7 Å². The fourth-order valence-corrected chi connectivity index (χ4v) is 2.07. The smallest absolute Gasteiger partial charge is 0.264 e. The van der Waals surface area contributed by atoms with Gasteiger partial charge < -0.3 is 10.4 Å². The van der Waals surface area contributed by atoms with Crippen LogP contribution in [0.5, 0.6) is 5.75 Å². The number of benzene rings is 1. The third kappa shape index (κ3) is 1.68. The van der Waals surface area contributed by atoms with Crippen molar-refractivity contribution in [1.82, 2.24) is 14.9 Å². The maximum absolute atomic E-state index is 12.2. The van der Waals surface area contributed by atoms with Gasteiger partial charge in [0.1, 0.15) is 11.1 Å². The second-order valence-electron chi connectivity index (χ2n) is 4.40. The Morgan fingerprint density at radius 1 is 1.47 bits per heavy atom. The fraction of sp³-hybridized carbons (Fsp3) is 0.333. The van der Waals surface area contributed by atoms with E-state index in [9.17, 15) is 9.90 Å². The van der Waals surface area contributed by atoms with Gasteiger partial charge in [0.05, 0.1) is 11.8 Å². The molecule has 0 radical (unpaired) electrons. The molecule has 3 rings (SSSR count). The molecule has 1 aliphatic heterocycles. The molecule has 1 aromatic heterocycles. The Morgan fingerprint density at radius 3 is 3.00 bits per heavy atom. The van der Waals surface area contributed by atoms with Gasteiger partial charge in [-0.05, 0) is 12.1 Å². The minimum absolute atomic E-state index is 0.00100. The lowest BCUT2D eigenvalue weighted by atomic mass is 10.0. The van der Waals surface area contributed by atoms with Crippen LogP contribution < -0.4 is 10.9 Å². The molecule has 17 heavy (non-hydrogen) atoms.